The fourth-order valence-corrected chi connectivity index (χ4v) is 2.17. The number of carbonyl (C=O) groups is 1. The molecular weight excluding hydrogens is 367 g/mol. The molecule has 0 spiro atoms. The van der Waals surface area contributed by atoms with Gasteiger partial charge in [0.05, 0.1) is 42.2 Å². The molecule has 0 radical (unpaired) electrons. The molecule has 0 bridgehead atoms. The summed E-state index contributed by atoms with van der Waals surface area (Å²) in [6.07, 6.45) is 1.17. The van der Waals surface area contributed by atoms with Crippen molar-refractivity contribution in [3.63, 3.8) is 0 Å². The number of hydrogen-bond donors (Lipinski definition) is 1. The number of halogens is 2. The molecule has 0 fully saturated rings. The van der Waals surface area contributed by atoms with E-state index in [9.17, 15) is 9.59 Å². The Hall–Kier alpha value is -2.38. The number of hydrazone groups is 1. The van der Waals surface area contributed by atoms with Crippen LogP contribution in [0, 0.1) is 0 Å². The Balaban J connectivity index is 2.23. The summed E-state index contributed by atoms with van der Waals surface area (Å²) in [7, 11) is 0. The summed E-state index contributed by atoms with van der Waals surface area (Å²) in [5.41, 5.74) is 3.36. The van der Waals surface area contributed by atoms with Gasteiger partial charge in [0.1, 0.15) is 5.02 Å². The Kier molecular flexibility index (Phi) is 6.97. The van der Waals surface area contributed by atoms with Crippen molar-refractivity contribution < 1.29 is 9.53 Å². The first-order valence-electron chi connectivity index (χ1n) is 7.44. The monoisotopic (exact) mass is 382 g/mol. The quantitative estimate of drug-likeness (QED) is 0.451. The van der Waals surface area contributed by atoms with Gasteiger partial charge in [0.15, 0.2) is 0 Å². The van der Waals surface area contributed by atoms with E-state index in [0.717, 1.165) is 10.4 Å². The molecule has 0 saturated carbocycles. The Morgan fingerprint density at radius 2 is 2.04 bits per heavy atom. The molecule has 0 aliphatic rings. The van der Waals surface area contributed by atoms with Crippen molar-refractivity contribution in [2.75, 3.05) is 12.0 Å². The maximum absolute atomic E-state index is 12.1. The minimum absolute atomic E-state index is 0.0334. The van der Waals surface area contributed by atoms with E-state index in [0.29, 0.717) is 5.71 Å². The second kappa shape index (κ2) is 9.19. The number of esters is 1. The number of benzene rings is 1. The number of nitrogens with zero attached hydrogens (tertiary/aromatic N) is 3. The van der Waals surface area contributed by atoms with Crippen LogP contribution < -0.4 is 11.0 Å². The summed E-state index contributed by atoms with van der Waals surface area (Å²) in [6, 6.07) is 9.18. The smallest absolute Gasteiger partial charge is 0.311 e. The normalized spacial score (nSPS) is 11.2. The highest BCUT2D eigenvalue weighted by atomic mass is 35.5. The third-order valence-corrected chi connectivity index (χ3v) is 3.79. The number of aromatic nitrogens is 2. The van der Waals surface area contributed by atoms with Crippen LogP contribution in [0.3, 0.4) is 0 Å². The van der Waals surface area contributed by atoms with Gasteiger partial charge < -0.3 is 4.74 Å². The second-order valence-corrected chi connectivity index (χ2v) is 5.69. The lowest BCUT2D eigenvalue weighted by molar-refractivity contribution is -0.141. The topological polar surface area (TPSA) is 85.6 Å². The molecule has 0 aliphatic heterocycles. The Morgan fingerprint density at radius 3 is 2.72 bits per heavy atom. The number of hydrogen-bond acceptors (Lipinski definition) is 6. The zero-order valence-electron chi connectivity index (χ0n) is 13.4. The second-order valence-electron chi connectivity index (χ2n) is 4.91. The average molecular weight is 383 g/mol. The molecule has 1 heterocycles. The number of ether oxygens (including phenoxy) is 1. The van der Waals surface area contributed by atoms with Crippen LogP contribution in [0.4, 0.5) is 5.69 Å². The fraction of sp³-hybridized carbons (Fsp3) is 0.250. The molecular formula is C16H16Cl2N4O3. The van der Waals surface area contributed by atoms with E-state index in [-0.39, 0.29) is 29.6 Å². The summed E-state index contributed by atoms with van der Waals surface area (Å²) in [5.74, 6) is -0.454. The highest BCUT2D eigenvalue weighted by molar-refractivity contribution is 6.41. The van der Waals surface area contributed by atoms with Crippen molar-refractivity contribution >= 4 is 40.6 Å². The standard InChI is InChI=1S/C16H16Cl2N4O3/c1-2-25-14(23)8-12(21-20-11-6-4-3-5-7-11)10-22-16(24)15(18)13(17)9-19-22/h3-7,9,20H,2,8,10H2,1H3/b21-12+. The van der Waals surface area contributed by atoms with Gasteiger partial charge in [0.25, 0.3) is 5.56 Å². The third-order valence-electron chi connectivity index (χ3n) is 3.05. The molecule has 1 N–H and O–H groups in total. The van der Waals surface area contributed by atoms with Crippen LogP contribution in [0.25, 0.3) is 0 Å². The number of rotatable bonds is 7. The van der Waals surface area contributed by atoms with Crippen molar-refractivity contribution in [1.29, 1.82) is 0 Å². The highest BCUT2D eigenvalue weighted by Crippen LogP contribution is 2.14. The molecule has 2 aromatic rings. The van der Waals surface area contributed by atoms with Crippen LogP contribution >= 0.6 is 23.2 Å². The first kappa shape index (κ1) is 19.0. The SMILES string of the molecule is CCOC(=O)C/C(Cn1ncc(Cl)c(Cl)c1=O)=N\Nc1ccccc1. The van der Waals surface area contributed by atoms with Gasteiger partial charge in [-0.25, -0.2) is 4.68 Å². The van der Waals surface area contributed by atoms with Crippen LogP contribution in [0.1, 0.15) is 13.3 Å². The number of carbonyl (C=O) groups excluding carboxylic acids is 1. The summed E-state index contributed by atoms with van der Waals surface area (Å²) in [4.78, 5) is 23.9. The summed E-state index contributed by atoms with van der Waals surface area (Å²) >= 11 is 11.6. The molecule has 132 valence electrons. The van der Waals surface area contributed by atoms with Crippen molar-refractivity contribution in [3.8, 4) is 0 Å². The minimum Gasteiger partial charge on any atom is -0.466 e. The number of para-hydroxylation sites is 1. The Morgan fingerprint density at radius 1 is 1.32 bits per heavy atom. The van der Waals surface area contributed by atoms with Gasteiger partial charge in [-0.2, -0.15) is 10.2 Å². The van der Waals surface area contributed by atoms with E-state index in [1.807, 2.05) is 30.3 Å². The zero-order valence-corrected chi connectivity index (χ0v) is 14.9. The summed E-state index contributed by atoms with van der Waals surface area (Å²) in [6.45, 7) is 1.93. The Bertz CT molecular complexity index is 822. The van der Waals surface area contributed by atoms with Gasteiger partial charge in [-0.1, -0.05) is 41.4 Å². The molecule has 0 amide bonds. The average Bonchev–Trinajstić information content (AvgIpc) is 2.61. The van der Waals surface area contributed by atoms with E-state index in [1.54, 1.807) is 6.92 Å². The maximum atomic E-state index is 12.1. The lowest BCUT2D eigenvalue weighted by atomic mass is 10.2. The van der Waals surface area contributed by atoms with E-state index < -0.39 is 11.5 Å². The van der Waals surface area contributed by atoms with Crippen LogP contribution in [-0.2, 0) is 16.1 Å². The Labute approximate surface area is 154 Å². The molecule has 2 rings (SSSR count). The molecule has 0 saturated heterocycles. The predicted molar refractivity (Wildman–Crippen MR) is 97.3 cm³/mol. The summed E-state index contributed by atoms with van der Waals surface area (Å²) in [5, 5.41) is 8.04. The van der Waals surface area contributed by atoms with Gasteiger partial charge in [0, 0.05) is 0 Å². The van der Waals surface area contributed by atoms with Gasteiger partial charge in [-0.05, 0) is 19.1 Å². The molecule has 25 heavy (non-hydrogen) atoms. The van der Waals surface area contributed by atoms with Crippen LogP contribution in [0.5, 0.6) is 0 Å². The highest BCUT2D eigenvalue weighted by Gasteiger charge is 2.14. The number of nitrogens with one attached hydrogen (secondary N) is 1. The first-order chi connectivity index (χ1) is 12.0. The maximum Gasteiger partial charge on any atom is 0.311 e. The van der Waals surface area contributed by atoms with E-state index in [2.05, 4.69) is 15.6 Å². The van der Waals surface area contributed by atoms with E-state index in [4.69, 9.17) is 27.9 Å². The zero-order chi connectivity index (χ0) is 18.2. The lowest BCUT2D eigenvalue weighted by Crippen LogP contribution is -2.28. The number of anilines is 1. The summed E-state index contributed by atoms with van der Waals surface area (Å²) < 4.78 is 6.01. The minimum atomic E-state index is -0.564. The van der Waals surface area contributed by atoms with Crippen LogP contribution in [0.2, 0.25) is 10.0 Å². The molecule has 1 aromatic heterocycles. The molecule has 0 aliphatic carbocycles. The fourth-order valence-electron chi connectivity index (χ4n) is 1.90. The molecule has 0 atom stereocenters. The van der Waals surface area contributed by atoms with E-state index in [1.165, 1.54) is 6.20 Å². The van der Waals surface area contributed by atoms with Crippen molar-refractivity contribution in [3.05, 3.63) is 56.9 Å². The predicted octanol–water partition coefficient (Wildman–Crippen LogP) is 2.97. The van der Waals surface area contributed by atoms with E-state index >= 15 is 0 Å². The van der Waals surface area contributed by atoms with Crippen molar-refractivity contribution in [1.82, 2.24) is 9.78 Å². The van der Waals surface area contributed by atoms with Gasteiger partial charge in [-0.15, -0.1) is 0 Å². The van der Waals surface area contributed by atoms with Crippen molar-refractivity contribution in [2.45, 2.75) is 19.9 Å². The molecule has 0 unspecified atom stereocenters. The molecule has 1 aromatic carbocycles. The molecule has 7 nitrogen and oxygen atoms in total. The largest absolute Gasteiger partial charge is 0.466 e. The van der Waals surface area contributed by atoms with Gasteiger partial charge in [-0.3, -0.25) is 15.0 Å². The van der Waals surface area contributed by atoms with Crippen LogP contribution in [0.15, 0.2) is 46.4 Å². The van der Waals surface area contributed by atoms with Gasteiger partial charge in [0.2, 0.25) is 0 Å². The van der Waals surface area contributed by atoms with Gasteiger partial charge >= 0.3 is 5.97 Å². The van der Waals surface area contributed by atoms with Crippen LogP contribution in [-0.4, -0.2) is 28.1 Å². The lowest BCUT2D eigenvalue weighted by Gasteiger charge is -2.09. The first-order valence-corrected chi connectivity index (χ1v) is 8.20. The molecule has 9 heteroatoms. The third kappa shape index (κ3) is 5.58. The van der Waals surface area contributed by atoms with Crippen molar-refractivity contribution in [2.24, 2.45) is 5.10 Å².